The van der Waals surface area contributed by atoms with Gasteiger partial charge >= 0.3 is 11.9 Å². The fourth-order valence-corrected chi connectivity index (χ4v) is 4.50. The van der Waals surface area contributed by atoms with Crippen LogP contribution in [-0.2, 0) is 19.4 Å². The Kier molecular flexibility index (Phi) is 25.7. The molecule has 0 aliphatic rings. The summed E-state index contributed by atoms with van der Waals surface area (Å²) in [7, 11) is 0. The van der Waals surface area contributed by atoms with Crippen LogP contribution in [0.25, 0.3) is 0 Å². The van der Waals surface area contributed by atoms with Gasteiger partial charge in [0.1, 0.15) is 0 Å². The lowest BCUT2D eigenvalue weighted by molar-refractivity contribution is -0.262. The molecule has 0 spiro atoms. The van der Waals surface area contributed by atoms with Gasteiger partial charge in [-0.15, -0.1) is 0 Å². The molecule has 0 fully saturated rings. The fourth-order valence-electron chi connectivity index (χ4n) is 4.50. The molecule has 4 heteroatoms. The third-order valence-electron chi connectivity index (χ3n) is 6.85. The average molecular weight is 483 g/mol. The van der Waals surface area contributed by atoms with Crippen LogP contribution in [0.15, 0.2) is 0 Å². The highest BCUT2D eigenvalue weighted by atomic mass is 17.2. The van der Waals surface area contributed by atoms with E-state index >= 15 is 0 Å². The topological polar surface area (TPSA) is 52.6 Å². The molecule has 202 valence electrons. The second-order valence-electron chi connectivity index (χ2n) is 10.2. The van der Waals surface area contributed by atoms with E-state index in [9.17, 15) is 9.59 Å². The Labute approximate surface area is 212 Å². The smallest absolute Gasteiger partial charge is 0.247 e. The molecule has 0 aliphatic heterocycles. The predicted octanol–water partition coefficient (Wildman–Crippen LogP) is 10.0. The fraction of sp³-hybridized carbons (Fsp3) is 0.933. The zero-order chi connectivity index (χ0) is 25.1. The molecule has 0 rings (SSSR count). The van der Waals surface area contributed by atoms with E-state index in [2.05, 4.69) is 20.8 Å². The largest absolute Gasteiger partial charge is 0.358 e. The molecule has 4 nitrogen and oxygen atoms in total. The van der Waals surface area contributed by atoms with Gasteiger partial charge in [-0.1, -0.05) is 149 Å². The Morgan fingerprint density at radius 3 is 1.24 bits per heavy atom. The number of rotatable bonds is 25. The van der Waals surface area contributed by atoms with E-state index in [1.807, 2.05) is 0 Å². The van der Waals surface area contributed by atoms with E-state index in [-0.39, 0.29) is 11.9 Å². The van der Waals surface area contributed by atoms with E-state index in [0.29, 0.717) is 6.42 Å². The Bertz CT molecular complexity index is 449. The van der Waals surface area contributed by atoms with Gasteiger partial charge in [0, 0.05) is 0 Å². The first-order valence-electron chi connectivity index (χ1n) is 15.1. The van der Waals surface area contributed by atoms with Crippen LogP contribution in [0.1, 0.15) is 175 Å². The van der Waals surface area contributed by atoms with E-state index < -0.39 is 5.97 Å². The van der Waals surface area contributed by atoms with Crippen molar-refractivity contribution in [2.24, 2.45) is 5.92 Å². The van der Waals surface area contributed by atoms with Crippen molar-refractivity contribution in [2.45, 2.75) is 175 Å². The van der Waals surface area contributed by atoms with E-state index in [1.54, 1.807) is 0 Å². The van der Waals surface area contributed by atoms with Crippen molar-refractivity contribution in [2.75, 3.05) is 0 Å². The molecule has 0 saturated heterocycles. The summed E-state index contributed by atoms with van der Waals surface area (Å²) in [4.78, 5) is 34.2. The SMILES string of the molecule is CCCCCCCCCCCCC(CCCCCCCCCC)C(=O)OOC(=O)CCCCC. The molecule has 0 amide bonds. The first-order valence-corrected chi connectivity index (χ1v) is 15.1. The molecule has 34 heavy (non-hydrogen) atoms. The summed E-state index contributed by atoms with van der Waals surface area (Å²) in [5, 5.41) is 0. The van der Waals surface area contributed by atoms with Gasteiger partial charge in [0.2, 0.25) is 0 Å². The maximum atomic E-state index is 12.6. The second-order valence-corrected chi connectivity index (χ2v) is 10.2. The van der Waals surface area contributed by atoms with Crippen LogP contribution in [0.5, 0.6) is 0 Å². The van der Waals surface area contributed by atoms with Crippen LogP contribution in [0.4, 0.5) is 0 Å². The van der Waals surface area contributed by atoms with E-state index in [0.717, 1.165) is 44.9 Å². The molecule has 0 aromatic carbocycles. The van der Waals surface area contributed by atoms with Crippen molar-refractivity contribution in [1.29, 1.82) is 0 Å². The van der Waals surface area contributed by atoms with Crippen LogP contribution < -0.4 is 0 Å². The number of carbonyl (C=O) groups excluding carboxylic acids is 2. The molecular weight excluding hydrogens is 424 g/mol. The molecule has 1 atom stereocenters. The summed E-state index contributed by atoms with van der Waals surface area (Å²) < 4.78 is 0. The third kappa shape index (κ3) is 22.7. The molecule has 0 aliphatic carbocycles. The third-order valence-corrected chi connectivity index (χ3v) is 6.85. The maximum Gasteiger partial charge on any atom is 0.358 e. The minimum absolute atomic E-state index is 0.141. The van der Waals surface area contributed by atoms with Crippen LogP contribution in [0.2, 0.25) is 0 Å². The predicted molar refractivity (Wildman–Crippen MR) is 144 cm³/mol. The number of carbonyl (C=O) groups is 2. The van der Waals surface area contributed by atoms with Gasteiger partial charge in [0.25, 0.3) is 0 Å². The van der Waals surface area contributed by atoms with E-state index in [1.165, 1.54) is 103 Å². The van der Waals surface area contributed by atoms with Gasteiger partial charge in [-0.25, -0.2) is 19.4 Å². The summed E-state index contributed by atoms with van der Waals surface area (Å²) in [6, 6.07) is 0. The van der Waals surface area contributed by atoms with Crippen LogP contribution in [0.3, 0.4) is 0 Å². The number of unbranched alkanes of at least 4 members (excludes halogenated alkanes) is 18. The molecule has 0 heterocycles. The zero-order valence-corrected chi connectivity index (χ0v) is 23.2. The molecular formula is C30H58O4. The highest BCUT2D eigenvalue weighted by molar-refractivity contribution is 5.74. The summed E-state index contributed by atoms with van der Waals surface area (Å²) in [5.41, 5.74) is 0. The lowest BCUT2D eigenvalue weighted by Gasteiger charge is -2.15. The molecule has 0 saturated carbocycles. The van der Waals surface area contributed by atoms with Crippen molar-refractivity contribution < 1.29 is 19.4 Å². The highest BCUT2D eigenvalue weighted by Gasteiger charge is 2.22. The van der Waals surface area contributed by atoms with Crippen LogP contribution in [-0.4, -0.2) is 11.9 Å². The summed E-state index contributed by atoms with van der Waals surface area (Å²) in [6.45, 7) is 6.60. The highest BCUT2D eigenvalue weighted by Crippen LogP contribution is 2.21. The minimum atomic E-state index is -0.424. The molecule has 0 aromatic rings. The minimum Gasteiger partial charge on any atom is -0.247 e. The van der Waals surface area contributed by atoms with Crippen molar-refractivity contribution >= 4 is 11.9 Å². The summed E-state index contributed by atoms with van der Waals surface area (Å²) >= 11 is 0. The molecule has 0 N–H and O–H groups in total. The maximum absolute atomic E-state index is 12.6. The van der Waals surface area contributed by atoms with Crippen molar-refractivity contribution in [3.05, 3.63) is 0 Å². The van der Waals surface area contributed by atoms with Gasteiger partial charge in [-0.3, -0.25) is 0 Å². The van der Waals surface area contributed by atoms with Crippen LogP contribution in [0, 0.1) is 5.92 Å². The lowest BCUT2D eigenvalue weighted by Crippen LogP contribution is -2.20. The van der Waals surface area contributed by atoms with Gasteiger partial charge in [0.05, 0.1) is 12.3 Å². The van der Waals surface area contributed by atoms with Crippen LogP contribution >= 0.6 is 0 Å². The molecule has 1 unspecified atom stereocenters. The summed E-state index contributed by atoms with van der Waals surface area (Å²) in [5.74, 6) is -0.910. The number of hydrogen-bond donors (Lipinski definition) is 0. The Hall–Kier alpha value is -1.06. The first kappa shape index (κ1) is 32.9. The number of hydrogen-bond acceptors (Lipinski definition) is 4. The zero-order valence-electron chi connectivity index (χ0n) is 23.2. The summed E-state index contributed by atoms with van der Waals surface area (Å²) in [6.07, 6.45) is 27.8. The Balaban J connectivity index is 4.16. The molecule has 0 bridgehead atoms. The average Bonchev–Trinajstić information content (AvgIpc) is 2.84. The van der Waals surface area contributed by atoms with Gasteiger partial charge in [0.15, 0.2) is 0 Å². The normalized spacial score (nSPS) is 12.0. The second kappa shape index (κ2) is 26.5. The molecule has 0 aromatic heterocycles. The van der Waals surface area contributed by atoms with Gasteiger partial charge < -0.3 is 0 Å². The quantitative estimate of drug-likeness (QED) is 0.0737. The lowest BCUT2D eigenvalue weighted by atomic mass is 9.94. The van der Waals surface area contributed by atoms with Crippen molar-refractivity contribution in [3.63, 3.8) is 0 Å². The Morgan fingerprint density at radius 1 is 0.471 bits per heavy atom. The van der Waals surface area contributed by atoms with E-state index in [4.69, 9.17) is 9.78 Å². The van der Waals surface area contributed by atoms with Crippen molar-refractivity contribution in [1.82, 2.24) is 0 Å². The van der Waals surface area contributed by atoms with Gasteiger partial charge in [-0.2, -0.15) is 0 Å². The molecule has 0 radical (unpaired) electrons. The Morgan fingerprint density at radius 2 is 0.824 bits per heavy atom. The van der Waals surface area contributed by atoms with Crippen molar-refractivity contribution in [3.8, 4) is 0 Å². The monoisotopic (exact) mass is 482 g/mol. The van der Waals surface area contributed by atoms with Gasteiger partial charge in [-0.05, 0) is 19.3 Å². The standard InChI is InChI=1S/C30H58O4/c1-4-7-10-12-14-16-17-19-21-24-26-28(25-23-20-18-15-13-11-8-5-2)30(32)34-33-29(31)27-22-9-6-3/h28H,4-27H2,1-3H3. The first-order chi connectivity index (χ1) is 16.7.